The average molecular weight is 156 g/mol. The highest BCUT2D eigenvalue weighted by molar-refractivity contribution is 4.81. The van der Waals surface area contributed by atoms with Crippen LogP contribution < -0.4 is 10.6 Å². The second-order valence-corrected chi connectivity index (χ2v) is 3.50. The fourth-order valence-corrected chi connectivity index (χ4v) is 1.66. The van der Waals surface area contributed by atoms with Gasteiger partial charge in [-0.05, 0) is 45.3 Å². The van der Waals surface area contributed by atoms with E-state index in [1.807, 2.05) is 0 Å². The fourth-order valence-electron chi connectivity index (χ4n) is 1.66. The lowest BCUT2D eigenvalue weighted by atomic mass is 10.0. The SMILES string of the molecule is CCCNCC1CCNC1C. The Morgan fingerprint density at radius 2 is 2.36 bits per heavy atom. The smallest absolute Gasteiger partial charge is 0.00795 e. The second kappa shape index (κ2) is 4.73. The topological polar surface area (TPSA) is 24.1 Å². The summed E-state index contributed by atoms with van der Waals surface area (Å²) in [5.41, 5.74) is 0. The van der Waals surface area contributed by atoms with Gasteiger partial charge in [0.2, 0.25) is 0 Å². The van der Waals surface area contributed by atoms with Gasteiger partial charge in [-0.1, -0.05) is 6.92 Å². The van der Waals surface area contributed by atoms with E-state index in [0.29, 0.717) is 0 Å². The van der Waals surface area contributed by atoms with Gasteiger partial charge in [0, 0.05) is 6.04 Å². The highest BCUT2D eigenvalue weighted by Crippen LogP contribution is 2.13. The molecule has 1 heterocycles. The summed E-state index contributed by atoms with van der Waals surface area (Å²) in [7, 11) is 0. The summed E-state index contributed by atoms with van der Waals surface area (Å²) in [6, 6.07) is 0.722. The minimum atomic E-state index is 0.722. The molecule has 2 N–H and O–H groups in total. The van der Waals surface area contributed by atoms with Crippen LogP contribution in [-0.4, -0.2) is 25.7 Å². The molecule has 0 spiro atoms. The normalized spacial score (nSPS) is 31.1. The Labute approximate surface area is 69.8 Å². The molecule has 0 saturated carbocycles. The van der Waals surface area contributed by atoms with E-state index in [4.69, 9.17) is 0 Å². The van der Waals surface area contributed by atoms with Crippen LogP contribution in [0.5, 0.6) is 0 Å². The lowest BCUT2D eigenvalue weighted by molar-refractivity contribution is 0.440. The van der Waals surface area contributed by atoms with Crippen molar-refractivity contribution in [3.8, 4) is 0 Å². The predicted molar refractivity (Wildman–Crippen MR) is 48.7 cm³/mol. The first-order valence-corrected chi connectivity index (χ1v) is 4.78. The van der Waals surface area contributed by atoms with Crippen molar-refractivity contribution in [2.45, 2.75) is 32.7 Å². The summed E-state index contributed by atoms with van der Waals surface area (Å²) in [5, 5.41) is 6.92. The molecule has 1 aliphatic rings. The Kier molecular flexibility index (Phi) is 3.87. The zero-order chi connectivity index (χ0) is 8.10. The molecular formula is C9H20N2. The zero-order valence-corrected chi connectivity index (χ0v) is 7.69. The monoisotopic (exact) mass is 156 g/mol. The Morgan fingerprint density at radius 3 is 2.91 bits per heavy atom. The van der Waals surface area contributed by atoms with E-state index >= 15 is 0 Å². The lowest BCUT2D eigenvalue weighted by Crippen LogP contribution is -2.31. The van der Waals surface area contributed by atoms with Crippen molar-refractivity contribution in [3.63, 3.8) is 0 Å². The first-order valence-electron chi connectivity index (χ1n) is 4.78. The Hall–Kier alpha value is -0.0800. The van der Waals surface area contributed by atoms with Crippen LogP contribution in [0.15, 0.2) is 0 Å². The highest BCUT2D eigenvalue weighted by Gasteiger charge is 2.21. The van der Waals surface area contributed by atoms with Crippen LogP contribution in [0.4, 0.5) is 0 Å². The van der Waals surface area contributed by atoms with Crippen LogP contribution in [-0.2, 0) is 0 Å². The third-order valence-corrected chi connectivity index (χ3v) is 2.52. The lowest BCUT2D eigenvalue weighted by Gasteiger charge is -2.14. The van der Waals surface area contributed by atoms with E-state index in [1.54, 1.807) is 0 Å². The van der Waals surface area contributed by atoms with E-state index in [1.165, 1.54) is 32.5 Å². The van der Waals surface area contributed by atoms with Gasteiger partial charge in [0.15, 0.2) is 0 Å². The van der Waals surface area contributed by atoms with E-state index in [2.05, 4.69) is 24.5 Å². The van der Waals surface area contributed by atoms with Crippen LogP contribution in [0.3, 0.4) is 0 Å². The molecule has 0 amide bonds. The van der Waals surface area contributed by atoms with E-state index in [-0.39, 0.29) is 0 Å². The third-order valence-electron chi connectivity index (χ3n) is 2.52. The summed E-state index contributed by atoms with van der Waals surface area (Å²) in [6.45, 7) is 8.07. The molecule has 1 saturated heterocycles. The van der Waals surface area contributed by atoms with Crippen LogP contribution in [0.2, 0.25) is 0 Å². The standard InChI is InChI=1S/C9H20N2/c1-3-5-10-7-9-4-6-11-8(9)2/h8-11H,3-7H2,1-2H3. The minimum absolute atomic E-state index is 0.722. The molecule has 1 fully saturated rings. The van der Waals surface area contributed by atoms with E-state index in [0.717, 1.165) is 12.0 Å². The van der Waals surface area contributed by atoms with Crippen LogP contribution >= 0.6 is 0 Å². The summed E-state index contributed by atoms with van der Waals surface area (Å²) in [4.78, 5) is 0. The first-order chi connectivity index (χ1) is 5.34. The quantitative estimate of drug-likeness (QED) is 0.593. The predicted octanol–water partition coefficient (Wildman–Crippen LogP) is 0.984. The summed E-state index contributed by atoms with van der Waals surface area (Å²) >= 11 is 0. The van der Waals surface area contributed by atoms with Crippen molar-refractivity contribution in [1.29, 1.82) is 0 Å². The summed E-state index contributed by atoms with van der Waals surface area (Å²) < 4.78 is 0. The molecule has 66 valence electrons. The molecule has 0 aromatic rings. The Bertz CT molecular complexity index is 104. The molecule has 11 heavy (non-hydrogen) atoms. The molecule has 2 heteroatoms. The second-order valence-electron chi connectivity index (χ2n) is 3.50. The van der Waals surface area contributed by atoms with E-state index in [9.17, 15) is 0 Å². The molecule has 0 aromatic carbocycles. The average Bonchev–Trinajstić information content (AvgIpc) is 2.37. The van der Waals surface area contributed by atoms with Crippen molar-refractivity contribution >= 4 is 0 Å². The van der Waals surface area contributed by atoms with Gasteiger partial charge in [-0.25, -0.2) is 0 Å². The van der Waals surface area contributed by atoms with Crippen molar-refractivity contribution in [2.24, 2.45) is 5.92 Å². The number of nitrogens with one attached hydrogen (secondary N) is 2. The molecule has 2 unspecified atom stereocenters. The number of hydrogen-bond acceptors (Lipinski definition) is 2. The first kappa shape index (κ1) is 9.01. The summed E-state index contributed by atoms with van der Waals surface area (Å²) in [6.07, 6.45) is 2.59. The molecule has 2 nitrogen and oxygen atoms in total. The largest absolute Gasteiger partial charge is 0.316 e. The van der Waals surface area contributed by atoms with Gasteiger partial charge < -0.3 is 10.6 Å². The Balaban J connectivity index is 2.05. The van der Waals surface area contributed by atoms with Gasteiger partial charge in [-0.3, -0.25) is 0 Å². The molecular weight excluding hydrogens is 136 g/mol. The third kappa shape index (κ3) is 2.80. The van der Waals surface area contributed by atoms with Gasteiger partial charge in [0.25, 0.3) is 0 Å². The van der Waals surface area contributed by atoms with Gasteiger partial charge in [0.05, 0.1) is 0 Å². The molecule has 1 aliphatic heterocycles. The van der Waals surface area contributed by atoms with Crippen LogP contribution in [0, 0.1) is 5.92 Å². The van der Waals surface area contributed by atoms with Gasteiger partial charge in [-0.15, -0.1) is 0 Å². The van der Waals surface area contributed by atoms with Crippen LogP contribution in [0.25, 0.3) is 0 Å². The minimum Gasteiger partial charge on any atom is -0.316 e. The number of rotatable bonds is 4. The van der Waals surface area contributed by atoms with Crippen molar-refractivity contribution in [1.82, 2.24) is 10.6 Å². The Morgan fingerprint density at radius 1 is 1.55 bits per heavy atom. The van der Waals surface area contributed by atoms with E-state index < -0.39 is 0 Å². The molecule has 0 aliphatic carbocycles. The highest BCUT2D eigenvalue weighted by atomic mass is 15.0. The van der Waals surface area contributed by atoms with Gasteiger partial charge in [0.1, 0.15) is 0 Å². The molecule has 1 rings (SSSR count). The van der Waals surface area contributed by atoms with Crippen molar-refractivity contribution in [2.75, 3.05) is 19.6 Å². The van der Waals surface area contributed by atoms with Crippen molar-refractivity contribution < 1.29 is 0 Å². The maximum atomic E-state index is 3.47. The maximum absolute atomic E-state index is 3.47. The van der Waals surface area contributed by atoms with Gasteiger partial charge in [-0.2, -0.15) is 0 Å². The fraction of sp³-hybridized carbons (Fsp3) is 1.00. The number of hydrogen-bond donors (Lipinski definition) is 2. The van der Waals surface area contributed by atoms with Crippen molar-refractivity contribution in [3.05, 3.63) is 0 Å². The maximum Gasteiger partial charge on any atom is 0.00795 e. The molecule has 2 atom stereocenters. The summed E-state index contributed by atoms with van der Waals surface area (Å²) in [5.74, 6) is 0.863. The van der Waals surface area contributed by atoms with Crippen LogP contribution in [0.1, 0.15) is 26.7 Å². The molecule has 0 aromatic heterocycles. The zero-order valence-electron chi connectivity index (χ0n) is 7.69. The molecule has 0 radical (unpaired) electrons. The van der Waals surface area contributed by atoms with Gasteiger partial charge >= 0.3 is 0 Å². The molecule has 0 bridgehead atoms.